The van der Waals surface area contributed by atoms with Gasteiger partial charge in [-0.05, 0) is 37.5 Å². The van der Waals surface area contributed by atoms with Crippen molar-refractivity contribution < 1.29 is 8.78 Å². The van der Waals surface area contributed by atoms with Gasteiger partial charge in [-0.25, -0.2) is 23.7 Å². The summed E-state index contributed by atoms with van der Waals surface area (Å²) in [4.78, 5) is 13.2. The van der Waals surface area contributed by atoms with Gasteiger partial charge in [0.1, 0.15) is 16.8 Å². The van der Waals surface area contributed by atoms with Crippen molar-refractivity contribution in [1.82, 2.24) is 15.0 Å². The van der Waals surface area contributed by atoms with E-state index in [-0.39, 0.29) is 17.1 Å². The van der Waals surface area contributed by atoms with Crippen molar-refractivity contribution in [3.63, 3.8) is 0 Å². The van der Waals surface area contributed by atoms with Crippen LogP contribution in [0.25, 0.3) is 11.0 Å². The van der Waals surface area contributed by atoms with E-state index in [1.54, 1.807) is 19.1 Å². The SMILES string of the molecule is CCC(F)(F)c1cccc(CNc2nc(C)nc3nc(Cl)c(C4(C#N)CC4)cc23)c1. The third-order valence-corrected chi connectivity index (χ3v) is 5.77. The molecule has 2 heterocycles. The summed E-state index contributed by atoms with van der Waals surface area (Å²) in [6, 6.07) is 10.5. The van der Waals surface area contributed by atoms with Crippen molar-refractivity contribution in [1.29, 1.82) is 5.26 Å². The number of anilines is 1. The van der Waals surface area contributed by atoms with Gasteiger partial charge in [0.25, 0.3) is 5.92 Å². The Labute approximate surface area is 178 Å². The van der Waals surface area contributed by atoms with Crippen molar-refractivity contribution in [2.45, 2.75) is 51.0 Å². The van der Waals surface area contributed by atoms with Crippen LogP contribution in [0.3, 0.4) is 0 Å². The molecule has 1 aliphatic carbocycles. The fraction of sp³-hybridized carbons (Fsp3) is 0.364. The van der Waals surface area contributed by atoms with Crippen molar-refractivity contribution in [2.75, 3.05) is 5.32 Å². The molecule has 0 spiro atoms. The van der Waals surface area contributed by atoms with E-state index in [0.29, 0.717) is 40.3 Å². The van der Waals surface area contributed by atoms with Crippen LogP contribution in [0.15, 0.2) is 30.3 Å². The summed E-state index contributed by atoms with van der Waals surface area (Å²) in [7, 11) is 0. The lowest BCUT2D eigenvalue weighted by molar-refractivity contribution is -0.00835. The third-order valence-electron chi connectivity index (χ3n) is 5.49. The molecule has 1 saturated carbocycles. The highest BCUT2D eigenvalue weighted by atomic mass is 35.5. The van der Waals surface area contributed by atoms with Gasteiger partial charge in [0, 0.05) is 24.1 Å². The molecule has 0 bridgehead atoms. The van der Waals surface area contributed by atoms with E-state index in [0.717, 1.165) is 12.8 Å². The number of nitriles is 1. The van der Waals surface area contributed by atoms with Crippen LogP contribution in [0.1, 0.15) is 48.7 Å². The first-order valence-electron chi connectivity index (χ1n) is 9.76. The van der Waals surface area contributed by atoms with Crippen LogP contribution in [-0.4, -0.2) is 15.0 Å². The van der Waals surface area contributed by atoms with Gasteiger partial charge < -0.3 is 5.32 Å². The molecule has 5 nitrogen and oxygen atoms in total. The summed E-state index contributed by atoms with van der Waals surface area (Å²) in [5, 5.41) is 13.7. The summed E-state index contributed by atoms with van der Waals surface area (Å²) in [6.45, 7) is 3.51. The summed E-state index contributed by atoms with van der Waals surface area (Å²) in [5.74, 6) is -1.82. The molecule has 0 amide bonds. The van der Waals surface area contributed by atoms with Gasteiger partial charge in [0.05, 0.1) is 16.9 Å². The summed E-state index contributed by atoms with van der Waals surface area (Å²) >= 11 is 6.34. The van der Waals surface area contributed by atoms with E-state index in [1.807, 2.05) is 6.07 Å². The Kier molecular flexibility index (Phi) is 5.07. The van der Waals surface area contributed by atoms with Crippen molar-refractivity contribution in [2.24, 2.45) is 0 Å². The van der Waals surface area contributed by atoms with Crippen molar-refractivity contribution in [3.05, 3.63) is 58.0 Å². The second kappa shape index (κ2) is 7.44. The predicted molar refractivity (Wildman–Crippen MR) is 112 cm³/mol. The first-order chi connectivity index (χ1) is 14.3. The summed E-state index contributed by atoms with van der Waals surface area (Å²) in [5.41, 5.74) is 1.22. The largest absolute Gasteiger partial charge is 0.365 e. The van der Waals surface area contributed by atoms with Crippen LogP contribution in [0.2, 0.25) is 5.15 Å². The number of aromatic nitrogens is 3. The van der Waals surface area contributed by atoms with Crippen molar-refractivity contribution >= 4 is 28.5 Å². The number of hydrogen-bond acceptors (Lipinski definition) is 5. The van der Waals surface area contributed by atoms with E-state index in [1.165, 1.54) is 19.1 Å². The number of hydrogen-bond donors (Lipinski definition) is 1. The standard InChI is InChI=1S/C22H20ClF2N5/c1-3-22(24,25)15-6-4-5-14(9-15)11-27-19-16-10-17(21(12-26)7-8-21)18(23)30-20(16)29-13(2)28-19/h4-6,9-10H,3,7-8,11H2,1-2H3,(H,27,28,29,30). The maximum atomic E-state index is 14.0. The minimum Gasteiger partial charge on any atom is -0.365 e. The Bertz CT molecular complexity index is 1170. The molecular weight excluding hydrogens is 408 g/mol. The monoisotopic (exact) mass is 427 g/mol. The first-order valence-corrected chi connectivity index (χ1v) is 10.1. The van der Waals surface area contributed by atoms with E-state index >= 15 is 0 Å². The Balaban J connectivity index is 1.69. The second-order valence-electron chi connectivity index (χ2n) is 7.62. The highest BCUT2D eigenvalue weighted by Crippen LogP contribution is 2.50. The summed E-state index contributed by atoms with van der Waals surface area (Å²) in [6.07, 6.45) is 1.23. The molecule has 0 aliphatic heterocycles. The number of halogens is 3. The van der Waals surface area contributed by atoms with Gasteiger partial charge in [-0.1, -0.05) is 36.7 Å². The molecule has 0 unspecified atom stereocenters. The zero-order chi connectivity index (χ0) is 21.5. The summed E-state index contributed by atoms with van der Waals surface area (Å²) < 4.78 is 28.1. The zero-order valence-corrected chi connectivity index (χ0v) is 17.4. The van der Waals surface area contributed by atoms with Crippen molar-refractivity contribution in [3.8, 4) is 6.07 Å². The number of rotatable bonds is 6. The lowest BCUT2D eigenvalue weighted by Gasteiger charge is -2.16. The Morgan fingerprint density at radius 3 is 2.67 bits per heavy atom. The molecule has 154 valence electrons. The Morgan fingerprint density at radius 2 is 2.00 bits per heavy atom. The fourth-order valence-electron chi connectivity index (χ4n) is 3.48. The lowest BCUT2D eigenvalue weighted by Crippen LogP contribution is -2.12. The molecule has 1 aromatic carbocycles. The highest BCUT2D eigenvalue weighted by Gasteiger charge is 2.47. The quantitative estimate of drug-likeness (QED) is 0.514. The van der Waals surface area contributed by atoms with E-state index < -0.39 is 11.3 Å². The highest BCUT2D eigenvalue weighted by molar-refractivity contribution is 6.30. The van der Waals surface area contributed by atoms with Gasteiger partial charge in [0.15, 0.2) is 5.65 Å². The molecule has 2 aromatic heterocycles. The molecule has 3 aromatic rings. The van der Waals surface area contributed by atoms with Gasteiger partial charge in [-0.3, -0.25) is 0 Å². The minimum atomic E-state index is -2.86. The van der Waals surface area contributed by atoms with Crippen LogP contribution >= 0.6 is 11.6 Å². The average Bonchev–Trinajstić information content (AvgIpc) is 3.52. The fourth-order valence-corrected chi connectivity index (χ4v) is 3.79. The molecule has 1 aliphatic rings. The number of nitrogens with zero attached hydrogens (tertiary/aromatic N) is 4. The smallest absolute Gasteiger partial charge is 0.273 e. The number of pyridine rings is 1. The Morgan fingerprint density at radius 1 is 1.23 bits per heavy atom. The molecule has 0 atom stereocenters. The van der Waals surface area contributed by atoms with E-state index in [4.69, 9.17) is 11.6 Å². The lowest BCUT2D eigenvalue weighted by atomic mass is 9.98. The van der Waals surface area contributed by atoms with Crippen LogP contribution < -0.4 is 5.32 Å². The van der Waals surface area contributed by atoms with Crippen LogP contribution in [0.4, 0.5) is 14.6 Å². The molecule has 0 saturated heterocycles. The molecule has 0 radical (unpaired) electrons. The number of aryl methyl sites for hydroxylation is 1. The average molecular weight is 428 g/mol. The van der Waals surface area contributed by atoms with Gasteiger partial charge in [-0.15, -0.1) is 0 Å². The molecule has 30 heavy (non-hydrogen) atoms. The normalized spacial score (nSPS) is 15.1. The van der Waals surface area contributed by atoms with Crippen LogP contribution in [0, 0.1) is 18.3 Å². The van der Waals surface area contributed by atoms with Gasteiger partial charge in [-0.2, -0.15) is 5.26 Å². The van der Waals surface area contributed by atoms with Crippen LogP contribution in [-0.2, 0) is 17.9 Å². The van der Waals surface area contributed by atoms with Crippen LogP contribution in [0.5, 0.6) is 0 Å². The third kappa shape index (κ3) is 3.68. The second-order valence-corrected chi connectivity index (χ2v) is 7.98. The molecule has 1 N–H and O–H groups in total. The van der Waals surface area contributed by atoms with Gasteiger partial charge in [0.2, 0.25) is 0 Å². The molecule has 4 rings (SSSR count). The molecule has 8 heteroatoms. The maximum absolute atomic E-state index is 14.0. The zero-order valence-electron chi connectivity index (χ0n) is 16.6. The van der Waals surface area contributed by atoms with Gasteiger partial charge >= 0.3 is 0 Å². The number of nitrogens with one attached hydrogen (secondary N) is 1. The Hall–Kier alpha value is -2.85. The first kappa shape index (κ1) is 20.4. The topological polar surface area (TPSA) is 74.5 Å². The molecule has 1 fully saturated rings. The number of fused-ring (bicyclic) bond motifs is 1. The minimum absolute atomic E-state index is 0.00606. The number of alkyl halides is 2. The predicted octanol–water partition coefficient (Wildman–Crippen LogP) is 5.66. The maximum Gasteiger partial charge on any atom is 0.273 e. The van der Waals surface area contributed by atoms with E-state index in [9.17, 15) is 14.0 Å². The number of benzene rings is 1. The molecular formula is C22H20ClF2N5. The van der Waals surface area contributed by atoms with E-state index in [2.05, 4.69) is 26.3 Å².